The summed E-state index contributed by atoms with van der Waals surface area (Å²) in [6.07, 6.45) is 0. The van der Waals surface area contributed by atoms with E-state index in [-0.39, 0.29) is 0 Å². The normalized spacial score (nSPS) is 10.1. The zero-order valence-corrected chi connectivity index (χ0v) is 14.7. The number of alkyl halides is 2. The first-order valence-electron chi connectivity index (χ1n) is 6.93. The molecule has 0 atom stereocenters. The van der Waals surface area contributed by atoms with Crippen molar-refractivity contribution in [1.82, 2.24) is 0 Å². The molecule has 0 bridgehead atoms. The van der Waals surface area contributed by atoms with Crippen LogP contribution in [0.4, 0.5) is 17.1 Å². The highest BCUT2D eigenvalue weighted by molar-refractivity contribution is 6.18. The van der Waals surface area contributed by atoms with Crippen LogP contribution >= 0.6 is 23.2 Å². The number of rotatable bonds is 8. The molecule has 140 valence electrons. The Morgan fingerprint density at radius 3 is 1.56 bits per heavy atom. The largest absolute Gasteiger partial charge is 0.863 e. The van der Waals surface area contributed by atoms with Gasteiger partial charge in [0.25, 0.3) is 17.1 Å². The van der Waals surface area contributed by atoms with E-state index >= 15 is 0 Å². The standard InChI is InChI=1S/C6H13Cl2N.C6H3N3O7/c1-2-9(5-3-7)6-4-8;10-6-4(8(13)14)1-3(7(11)12)2-5(6)9(15)16/h2-6H2,1H3;1-2,10H. The van der Waals surface area contributed by atoms with Crippen LogP contribution in [0.25, 0.3) is 0 Å². The molecular weight excluding hydrogens is 383 g/mol. The molecule has 13 heteroatoms. The van der Waals surface area contributed by atoms with Crippen molar-refractivity contribution in [2.45, 2.75) is 6.92 Å². The molecule has 1 N–H and O–H groups in total. The minimum Gasteiger partial charge on any atom is -0.863 e. The second kappa shape index (κ2) is 11.3. The van der Waals surface area contributed by atoms with Gasteiger partial charge in [0.2, 0.25) is 0 Å². The number of hydrogen-bond acceptors (Lipinski definition) is 7. The minimum atomic E-state index is -1.46. The molecule has 0 aliphatic carbocycles. The van der Waals surface area contributed by atoms with Crippen molar-refractivity contribution < 1.29 is 24.8 Å². The second-order valence-electron chi connectivity index (χ2n) is 4.57. The molecule has 0 fully saturated rings. The number of nitro benzene ring substituents is 3. The van der Waals surface area contributed by atoms with Gasteiger partial charge in [-0.05, 0) is 6.92 Å². The maximum Gasteiger partial charge on any atom is 0.283 e. The number of nitro groups is 3. The summed E-state index contributed by atoms with van der Waals surface area (Å²) < 4.78 is 0. The molecule has 25 heavy (non-hydrogen) atoms. The van der Waals surface area contributed by atoms with Crippen LogP contribution in [-0.4, -0.2) is 46.2 Å². The molecule has 0 aromatic heterocycles. The van der Waals surface area contributed by atoms with Crippen LogP contribution in [0.5, 0.6) is 5.75 Å². The molecule has 11 nitrogen and oxygen atoms in total. The summed E-state index contributed by atoms with van der Waals surface area (Å²) in [5, 5.41) is 42.1. The topological polar surface area (TPSA) is 157 Å². The molecule has 0 amide bonds. The van der Waals surface area contributed by atoms with Crippen molar-refractivity contribution in [3.63, 3.8) is 0 Å². The van der Waals surface area contributed by atoms with Crippen LogP contribution in [-0.2, 0) is 0 Å². The fraction of sp³-hybridized carbons (Fsp3) is 0.500. The lowest BCUT2D eigenvalue weighted by molar-refractivity contribution is -0.893. The predicted octanol–water partition coefficient (Wildman–Crippen LogP) is 0.854. The zero-order chi connectivity index (χ0) is 19.6. The first-order chi connectivity index (χ1) is 11.7. The zero-order valence-electron chi connectivity index (χ0n) is 13.1. The predicted molar refractivity (Wildman–Crippen MR) is 88.5 cm³/mol. The fourth-order valence-corrected chi connectivity index (χ4v) is 2.24. The average molecular weight is 399 g/mol. The molecule has 0 heterocycles. The summed E-state index contributed by atoms with van der Waals surface area (Å²) in [5.74, 6) is 0.0146. The van der Waals surface area contributed by atoms with Crippen molar-refractivity contribution in [3.8, 4) is 5.75 Å². The minimum absolute atomic E-state index is 0.384. The Balaban J connectivity index is 0.000000547. The van der Waals surface area contributed by atoms with Crippen LogP contribution in [0.3, 0.4) is 0 Å². The molecule has 0 unspecified atom stereocenters. The number of quaternary nitrogens is 1. The van der Waals surface area contributed by atoms with E-state index in [2.05, 4.69) is 6.92 Å². The first-order valence-corrected chi connectivity index (χ1v) is 8.00. The third-order valence-electron chi connectivity index (χ3n) is 3.03. The van der Waals surface area contributed by atoms with Crippen LogP contribution in [0.2, 0.25) is 0 Å². The SMILES string of the molecule is CC[NH+](CCCl)CCCl.O=[N+]([O-])c1cc([N+](=O)[O-])c([O-])c([N+](=O)[O-])c1. The Morgan fingerprint density at radius 2 is 1.32 bits per heavy atom. The van der Waals surface area contributed by atoms with Gasteiger partial charge in [0.15, 0.2) is 0 Å². The van der Waals surface area contributed by atoms with E-state index < -0.39 is 37.6 Å². The van der Waals surface area contributed by atoms with E-state index in [1.165, 1.54) is 4.90 Å². The van der Waals surface area contributed by atoms with Crippen LogP contribution in [0, 0.1) is 30.3 Å². The lowest BCUT2D eigenvalue weighted by Gasteiger charge is -2.13. The summed E-state index contributed by atoms with van der Waals surface area (Å²) in [6.45, 7) is 5.34. The fourth-order valence-electron chi connectivity index (χ4n) is 1.71. The van der Waals surface area contributed by atoms with E-state index in [9.17, 15) is 35.4 Å². The summed E-state index contributed by atoms with van der Waals surface area (Å²) >= 11 is 11.1. The van der Waals surface area contributed by atoms with Crippen LogP contribution in [0.15, 0.2) is 12.1 Å². The van der Waals surface area contributed by atoms with E-state index in [1.54, 1.807) is 0 Å². The highest BCUT2D eigenvalue weighted by atomic mass is 35.5. The quantitative estimate of drug-likeness (QED) is 0.386. The maximum atomic E-state index is 11.1. The summed E-state index contributed by atoms with van der Waals surface area (Å²) in [6, 6.07) is 0.769. The van der Waals surface area contributed by atoms with Gasteiger partial charge in [-0.3, -0.25) is 30.3 Å². The summed E-state index contributed by atoms with van der Waals surface area (Å²) in [5.41, 5.74) is -3.26. The molecule has 0 spiro atoms. The van der Waals surface area contributed by atoms with Gasteiger partial charge in [-0.1, -0.05) is 0 Å². The molecule has 0 radical (unpaired) electrons. The van der Waals surface area contributed by atoms with E-state index in [0.29, 0.717) is 12.1 Å². The molecule has 0 aliphatic heterocycles. The van der Waals surface area contributed by atoms with Gasteiger partial charge in [0.1, 0.15) is 0 Å². The molecule has 1 rings (SSSR count). The van der Waals surface area contributed by atoms with Gasteiger partial charge in [0.05, 0.1) is 64.0 Å². The monoisotopic (exact) mass is 398 g/mol. The van der Waals surface area contributed by atoms with Crippen molar-refractivity contribution in [2.75, 3.05) is 31.4 Å². The Bertz CT molecular complexity index is 588. The Morgan fingerprint density at radius 1 is 0.920 bits per heavy atom. The molecule has 0 saturated heterocycles. The van der Waals surface area contributed by atoms with Gasteiger partial charge < -0.3 is 10.0 Å². The molecule has 1 aromatic carbocycles. The third kappa shape index (κ3) is 7.45. The third-order valence-corrected chi connectivity index (χ3v) is 3.41. The van der Waals surface area contributed by atoms with Crippen molar-refractivity contribution >= 4 is 40.3 Å². The van der Waals surface area contributed by atoms with Gasteiger partial charge in [-0.25, -0.2) is 0 Å². The van der Waals surface area contributed by atoms with Gasteiger partial charge in [-0.15, -0.1) is 23.2 Å². The number of hydrogen-bond donors (Lipinski definition) is 1. The summed E-state index contributed by atoms with van der Waals surface area (Å²) in [7, 11) is 0. The van der Waals surface area contributed by atoms with E-state index in [0.717, 1.165) is 31.4 Å². The second-order valence-corrected chi connectivity index (χ2v) is 5.32. The van der Waals surface area contributed by atoms with Gasteiger partial charge in [-0.2, -0.15) is 0 Å². The number of nitrogens with one attached hydrogen (secondary N) is 1. The molecule has 1 aromatic rings. The Kier molecular flexibility index (Phi) is 10.3. The highest BCUT2D eigenvalue weighted by Crippen LogP contribution is 2.36. The number of nitrogens with zero attached hydrogens (tertiary/aromatic N) is 3. The highest BCUT2D eigenvalue weighted by Gasteiger charge is 2.24. The smallest absolute Gasteiger partial charge is 0.283 e. The number of halogens is 2. The molecular formula is C12H16Cl2N4O7. The van der Waals surface area contributed by atoms with Crippen LogP contribution < -0.4 is 10.0 Å². The van der Waals surface area contributed by atoms with E-state index in [1.807, 2.05) is 0 Å². The van der Waals surface area contributed by atoms with Crippen molar-refractivity contribution in [1.29, 1.82) is 0 Å². The van der Waals surface area contributed by atoms with Gasteiger partial charge >= 0.3 is 0 Å². The van der Waals surface area contributed by atoms with Crippen molar-refractivity contribution in [3.05, 3.63) is 42.5 Å². The Labute approximate surface area is 152 Å². The van der Waals surface area contributed by atoms with Gasteiger partial charge in [0, 0.05) is 0 Å². The van der Waals surface area contributed by atoms with E-state index in [4.69, 9.17) is 23.2 Å². The number of benzene rings is 1. The lowest BCUT2D eigenvalue weighted by atomic mass is 10.2. The molecule has 0 saturated carbocycles. The lowest BCUT2D eigenvalue weighted by Crippen LogP contribution is -3.12. The first kappa shape index (κ1) is 22.8. The average Bonchev–Trinajstić information content (AvgIpc) is 2.54. The number of non-ortho nitro benzene ring substituents is 1. The maximum absolute atomic E-state index is 11.1. The molecule has 0 aliphatic rings. The Hall–Kier alpha value is -2.24. The van der Waals surface area contributed by atoms with Crippen LogP contribution in [0.1, 0.15) is 6.92 Å². The van der Waals surface area contributed by atoms with Crippen molar-refractivity contribution in [2.24, 2.45) is 0 Å². The summed E-state index contributed by atoms with van der Waals surface area (Å²) in [4.78, 5) is 29.0.